The van der Waals surface area contributed by atoms with Crippen molar-refractivity contribution in [1.29, 1.82) is 0 Å². The number of ether oxygens (including phenoxy) is 1. The quantitative estimate of drug-likeness (QED) is 0.685. The van der Waals surface area contributed by atoms with Crippen molar-refractivity contribution in [3.05, 3.63) is 0 Å². The molecule has 1 aliphatic rings. The lowest BCUT2D eigenvalue weighted by Crippen LogP contribution is -2.44. The van der Waals surface area contributed by atoms with E-state index in [-0.39, 0.29) is 12.0 Å². The molecule has 112 valence electrons. The molecule has 0 saturated carbocycles. The van der Waals surface area contributed by atoms with Crippen LogP contribution in [0.1, 0.15) is 65.7 Å². The molecule has 0 amide bonds. The number of nitrogens with one attached hydrogen (secondary N) is 1. The number of hydrogen-bond acceptors (Lipinski definition) is 3. The molecule has 3 nitrogen and oxygen atoms in total. The van der Waals surface area contributed by atoms with Gasteiger partial charge < -0.3 is 10.1 Å². The Balaban J connectivity index is 2.29. The van der Waals surface area contributed by atoms with Gasteiger partial charge in [0.1, 0.15) is 6.04 Å². The van der Waals surface area contributed by atoms with E-state index < -0.39 is 0 Å². The summed E-state index contributed by atoms with van der Waals surface area (Å²) in [5.74, 6) is 1.18. The van der Waals surface area contributed by atoms with Crippen LogP contribution in [0.2, 0.25) is 0 Å². The van der Waals surface area contributed by atoms with Gasteiger partial charge in [0, 0.05) is 0 Å². The van der Waals surface area contributed by atoms with Crippen molar-refractivity contribution in [2.24, 2.45) is 11.8 Å². The molecule has 3 unspecified atom stereocenters. The second kappa shape index (κ2) is 9.35. The molecule has 0 radical (unpaired) electrons. The maximum atomic E-state index is 12.1. The molecule has 0 aromatic heterocycles. The minimum absolute atomic E-state index is 0.0342. The lowest BCUT2D eigenvalue weighted by molar-refractivity contribution is -0.148. The van der Waals surface area contributed by atoms with Crippen LogP contribution in [0.4, 0.5) is 0 Å². The van der Waals surface area contributed by atoms with Gasteiger partial charge in [0.25, 0.3) is 0 Å². The highest BCUT2D eigenvalue weighted by Gasteiger charge is 2.27. The van der Waals surface area contributed by atoms with Gasteiger partial charge in [-0.25, -0.2) is 0 Å². The molecule has 0 aliphatic carbocycles. The molecule has 3 heteroatoms. The lowest BCUT2D eigenvalue weighted by Gasteiger charge is -2.28. The van der Waals surface area contributed by atoms with Crippen LogP contribution in [0.5, 0.6) is 0 Å². The monoisotopic (exact) mass is 269 g/mol. The van der Waals surface area contributed by atoms with Crippen LogP contribution in [0.25, 0.3) is 0 Å². The summed E-state index contributed by atoms with van der Waals surface area (Å²) in [7, 11) is 0. The van der Waals surface area contributed by atoms with Crippen LogP contribution in [-0.2, 0) is 9.53 Å². The first-order valence-electron chi connectivity index (χ1n) is 8.11. The Labute approximate surface area is 118 Å². The molecule has 1 fully saturated rings. The standard InChI is InChI=1S/C16H31NO2/c1-4-7-8-14(6-3)12-19-16(18)15-11-13(5-2)9-10-17-15/h13-15,17H,4-12H2,1-3H3. The van der Waals surface area contributed by atoms with E-state index in [0.717, 1.165) is 19.4 Å². The average Bonchev–Trinajstić information content (AvgIpc) is 2.47. The van der Waals surface area contributed by atoms with E-state index in [4.69, 9.17) is 4.74 Å². The Morgan fingerprint density at radius 1 is 1.37 bits per heavy atom. The molecule has 19 heavy (non-hydrogen) atoms. The molecule has 0 spiro atoms. The first kappa shape index (κ1) is 16.5. The topological polar surface area (TPSA) is 38.3 Å². The van der Waals surface area contributed by atoms with Gasteiger partial charge >= 0.3 is 5.97 Å². The average molecular weight is 269 g/mol. The van der Waals surface area contributed by atoms with Crippen molar-refractivity contribution in [3.8, 4) is 0 Å². The van der Waals surface area contributed by atoms with Crippen molar-refractivity contribution in [2.75, 3.05) is 13.2 Å². The summed E-state index contributed by atoms with van der Waals surface area (Å²) in [6, 6.07) is -0.0672. The molecule has 0 bridgehead atoms. The summed E-state index contributed by atoms with van der Waals surface area (Å²) >= 11 is 0. The molecule has 1 aliphatic heterocycles. The number of carbonyl (C=O) groups excluding carboxylic acids is 1. The minimum Gasteiger partial charge on any atom is -0.464 e. The molecule has 1 N–H and O–H groups in total. The Morgan fingerprint density at radius 2 is 2.16 bits per heavy atom. The second-order valence-electron chi connectivity index (χ2n) is 5.85. The smallest absolute Gasteiger partial charge is 0.323 e. The second-order valence-corrected chi connectivity index (χ2v) is 5.85. The zero-order chi connectivity index (χ0) is 14.1. The van der Waals surface area contributed by atoms with Gasteiger partial charge in [0.05, 0.1) is 6.61 Å². The van der Waals surface area contributed by atoms with Crippen molar-refractivity contribution in [3.63, 3.8) is 0 Å². The molecule has 3 atom stereocenters. The fourth-order valence-electron chi connectivity index (χ4n) is 2.75. The fraction of sp³-hybridized carbons (Fsp3) is 0.938. The summed E-state index contributed by atoms with van der Waals surface area (Å²) in [6.45, 7) is 8.14. The van der Waals surface area contributed by atoms with Gasteiger partial charge in [-0.2, -0.15) is 0 Å². The van der Waals surface area contributed by atoms with Crippen molar-refractivity contribution >= 4 is 5.97 Å². The first-order valence-corrected chi connectivity index (χ1v) is 8.11. The highest BCUT2D eigenvalue weighted by molar-refractivity contribution is 5.75. The molecule has 1 saturated heterocycles. The SMILES string of the molecule is CCCCC(CC)COC(=O)C1CC(CC)CCN1. The van der Waals surface area contributed by atoms with E-state index in [1.807, 2.05) is 0 Å². The van der Waals surface area contributed by atoms with Gasteiger partial charge in [-0.15, -0.1) is 0 Å². The van der Waals surface area contributed by atoms with E-state index in [9.17, 15) is 4.79 Å². The van der Waals surface area contributed by atoms with Crippen LogP contribution in [0.3, 0.4) is 0 Å². The summed E-state index contributed by atoms with van der Waals surface area (Å²) in [6.07, 6.45) is 8.02. The van der Waals surface area contributed by atoms with E-state index in [2.05, 4.69) is 26.1 Å². The third-order valence-electron chi connectivity index (χ3n) is 4.38. The molecule has 0 aromatic rings. The van der Waals surface area contributed by atoms with Crippen LogP contribution in [0, 0.1) is 11.8 Å². The molecular weight excluding hydrogens is 238 g/mol. The fourth-order valence-corrected chi connectivity index (χ4v) is 2.75. The third kappa shape index (κ3) is 5.94. The maximum absolute atomic E-state index is 12.1. The molecular formula is C16H31NO2. The van der Waals surface area contributed by atoms with Gasteiger partial charge in [-0.1, -0.05) is 46.5 Å². The maximum Gasteiger partial charge on any atom is 0.323 e. The van der Waals surface area contributed by atoms with Gasteiger partial charge in [0.2, 0.25) is 0 Å². The Kier molecular flexibility index (Phi) is 8.11. The number of piperidine rings is 1. The summed E-state index contributed by atoms with van der Waals surface area (Å²) < 4.78 is 5.52. The summed E-state index contributed by atoms with van der Waals surface area (Å²) in [5.41, 5.74) is 0. The van der Waals surface area contributed by atoms with Crippen LogP contribution >= 0.6 is 0 Å². The predicted molar refractivity (Wildman–Crippen MR) is 79.1 cm³/mol. The van der Waals surface area contributed by atoms with E-state index in [1.54, 1.807) is 0 Å². The number of unbranched alkanes of at least 4 members (excludes halogenated alkanes) is 1. The molecule has 1 rings (SSSR count). The van der Waals surface area contributed by atoms with E-state index in [1.165, 1.54) is 32.1 Å². The lowest BCUT2D eigenvalue weighted by atomic mass is 9.90. The zero-order valence-corrected chi connectivity index (χ0v) is 12.9. The molecule has 0 aromatic carbocycles. The van der Waals surface area contributed by atoms with Crippen molar-refractivity contribution < 1.29 is 9.53 Å². The van der Waals surface area contributed by atoms with Gasteiger partial charge in [-0.3, -0.25) is 4.79 Å². The van der Waals surface area contributed by atoms with Crippen molar-refractivity contribution in [1.82, 2.24) is 5.32 Å². The Bertz CT molecular complexity index is 255. The number of carbonyl (C=O) groups is 1. The highest BCUT2D eigenvalue weighted by atomic mass is 16.5. The number of esters is 1. The Morgan fingerprint density at radius 3 is 2.79 bits per heavy atom. The first-order chi connectivity index (χ1) is 9.21. The zero-order valence-electron chi connectivity index (χ0n) is 12.9. The third-order valence-corrected chi connectivity index (χ3v) is 4.38. The van der Waals surface area contributed by atoms with Crippen LogP contribution < -0.4 is 5.32 Å². The predicted octanol–water partition coefficient (Wildman–Crippen LogP) is 3.52. The van der Waals surface area contributed by atoms with E-state index in [0.29, 0.717) is 18.4 Å². The normalized spacial score (nSPS) is 25.0. The number of rotatable bonds is 8. The van der Waals surface area contributed by atoms with Crippen LogP contribution in [0.15, 0.2) is 0 Å². The van der Waals surface area contributed by atoms with E-state index >= 15 is 0 Å². The van der Waals surface area contributed by atoms with Crippen LogP contribution in [-0.4, -0.2) is 25.2 Å². The molecule has 1 heterocycles. The number of hydrogen-bond donors (Lipinski definition) is 1. The highest BCUT2D eigenvalue weighted by Crippen LogP contribution is 2.20. The largest absolute Gasteiger partial charge is 0.464 e. The van der Waals surface area contributed by atoms with Gasteiger partial charge in [-0.05, 0) is 37.6 Å². The van der Waals surface area contributed by atoms with Gasteiger partial charge in [0.15, 0.2) is 0 Å². The Hall–Kier alpha value is -0.570. The summed E-state index contributed by atoms with van der Waals surface area (Å²) in [4.78, 5) is 12.1. The summed E-state index contributed by atoms with van der Waals surface area (Å²) in [5, 5.41) is 3.29. The van der Waals surface area contributed by atoms with Crippen molar-refractivity contribution in [2.45, 2.75) is 71.8 Å². The minimum atomic E-state index is -0.0672.